The standard InChI is InChI=1S/C24H19NO4/c1-25-14-18(19-12-7-13-29-19)20(21(26)15-8-3-2-4-9-15)24(25)22(27)16-10-5-6-11-17(16)23(24)28/h2-13,18,20H,14H2,1H3/t18-,20+/m1/s1. The maximum atomic E-state index is 13.7. The van der Waals surface area contributed by atoms with Gasteiger partial charge in [-0.25, -0.2) is 0 Å². The highest BCUT2D eigenvalue weighted by Crippen LogP contribution is 2.51. The Labute approximate surface area is 167 Å². The molecule has 1 aliphatic heterocycles. The molecule has 2 heterocycles. The monoisotopic (exact) mass is 385 g/mol. The molecular weight excluding hydrogens is 366 g/mol. The smallest absolute Gasteiger partial charge is 0.192 e. The van der Waals surface area contributed by atoms with E-state index in [4.69, 9.17) is 4.42 Å². The van der Waals surface area contributed by atoms with Gasteiger partial charge in [-0.05, 0) is 19.2 Å². The molecule has 0 amide bonds. The quantitative estimate of drug-likeness (QED) is 0.509. The summed E-state index contributed by atoms with van der Waals surface area (Å²) in [5.41, 5.74) is -0.292. The molecule has 5 nitrogen and oxygen atoms in total. The van der Waals surface area contributed by atoms with E-state index >= 15 is 0 Å². The van der Waals surface area contributed by atoms with E-state index in [9.17, 15) is 14.4 Å². The molecular formula is C24H19NO4. The fourth-order valence-electron chi connectivity index (χ4n) is 5.01. The number of carbonyl (C=O) groups excluding carboxylic acids is 3. The summed E-state index contributed by atoms with van der Waals surface area (Å²) in [6.07, 6.45) is 1.55. The predicted molar refractivity (Wildman–Crippen MR) is 106 cm³/mol. The molecule has 0 N–H and O–H groups in total. The van der Waals surface area contributed by atoms with Crippen LogP contribution in [0.5, 0.6) is 0 Å². The maximum absolute atomic E-state index is 13.7. The topological polar surface area (TPSA) is 67.6 Å². The zero-order valence-corrected chi connectivity index (χ0v) is 15.9. The van der Waals surface area contributed by atoms with Crippen LogP contribution in [0.2, 0.25) is 0 Å². The molecule has 2 aliphatic rings. The van der Waals surface area contributed by atoms with Crippen molar-refractivity contribution in [2.45, 2.75) is 11.5 Å². The molecule has 1 aromatic heterocycles. The number of nitrogens with zero attached hydrogens (tertiary/aromatic N) is 1. The van der Waals surface area contributed by atoms with E-state index in [1.807, 2.05) is 6.07 Å². The van der Waals surface area contributed by atoms with Crippen molar-refractivity contribution in [3.8, 4) is 0 Å². The molecule has 1 aliphatic carbocycles. The van der Waals surface area contributed by atoms with E-state index in [0.717, 1.165) is 0 Å². The van der Waals surface area contributed by atoms with E-state index in [1.165, 1.54) is 0 Å². The second kappa shape index (κ2) is 6.36. The molecule has 5 heteroatoms. The van der Waals surface area contributed by atoms with Gasteiger partial charge in [-0.3, -0.25) is 19.3 Å². The van der Waals surface area contributed by atoms with Gasteiger partial charge in [0.1, 0.15) is 5.76 Å². The number of Topliss-reactive ketones (excluding diaryl/α,β-unsaturated/α-hetero) is 3. The lowest BCUT2D eigenvalue weighted by molar-refractivity contribution is 0.0514. The van der Waals surface area contributed by atoms with Crippen molar-refractivity contribution < 1.29 is 18.8 Å². The summed E-state index contributed by atoms with van der Waals surface area (Å²) in [6, 6.07) is 19.3. The first kappa shape index (κ1) is 17.8. The van der Waals surface area contributed by atoms with E-state index in [0.29, 0.717) is 29.0 Å². The van der Waals surface area contributed by atoms with Crippen LogP contribution in [0.25, 0.3) is 0 Å². The van der Waals surface area contributed by atoms with Gasteiger partial charge in [-0.15, -0.1) is 0 Å². The van der Waals surface area contributed by atoms with Crippen LogP contribution in [0.4, 0.5) is 0 Å². The second-order valence-corrected chi connectivity index (χ2v) is 7.68. The van der Waals surface area contributed by atoms with Crippen molar-refractivity contribution in [3.63, 3.8) is 0 Å². The Morgan fingerprint density at radius 1 is 0.931 bits per heavy atom. The van der Waals surface area contributed by atoms with Crippen LogP contribution in [0.15, 0.2) is 77.4 Å². The fraction of sp³-hybridized carbons (Fsp3) is 0.208. The number of hydrogen-bond acceptors (Lipinski definition) is 5. The van der Waals surface area contributed by atoms with E-state index in [-0.39, 0.29) is 17.3 Å². The minimum Gasteiger partial charge on any atom is -0.469 e. The number of benzene rings is 2. The molecule has 2 atom stereocenters. The fourth-order valence-corrected chi connectivity index (χ4v) is 5.01. The number of rotatable bonds is 3. The van der Waals surface area contributed by atoms with Crippen LogP contribution in [-0.4, -0.2) is 41.4 Å². The molecule has 0 bridgehead atoms. The number of fused-ring (bicyclic) bond motifs is 1. The maximum Gasteiger partial charge on any atom is 0.192 e. The number of ketones is 3. The Morgan fingerprint density at radius 2 is 1.55 bits per heavy atom. The summed E-state index contributed by atoms with van der Waals surface area (Å²) < 4.78 is 5.63. The molecule has 29 heavy (non-hydrogen) atoms. The molecule has 1 fully saturated rings. The third-order valence-corrected chi connectivity index (χ3v) is 6.28. The average molecular weight is 385 g/mol. The van der Waals surface area contributed by atoms with Crippen LogP contribution in [0, 0.1) is 5.92 Å². The van der Waals surface area contributed by atoms with Gasteiger partial charge in [0.15, 0.2) is 22.9 Å². The molecule has 144 valence electrons. The zero-order chi connectivity index (χ0) is 20.2. The molecule has 0 radical (unpaired) electrons. The van der Waals surface area contributed by atoms with Crippen molar-refractivity contribution in [2.24, 2.45) is 5.92 Å². The van der Waals surface area contributed by atoms with Gasteiger partial charge < -0.3 is 4.42 Å². The number of likely N-dealkylation sites (tertiary alicyclic amines) is 1. The molecule has 0 unspecified atom stereocenters. The van der Waals surface area contributed by atoms with Gasteiger partial charge in [0.25, 0.3) is 0 Å². The van der Waals surface area contributed by atoms with Gasteiger partial charge >= 0.3 is 0 Å². The van der Waals surface area contributed by atoms with Crippen LogP contribution >= 0.6 is 0 Å². The molecule has 3 aromatic rings. The van der Waals surface area contributed by atoms with E-state index < -0.39 is 17.4 Å². The van der Waals surface area contributed by atoms with Gasteiger partial charge in [0.2, 0.25) is 0 Å². The Hall–Kier alpha value is -3.31. The highest BCUT2D eigenvalue weighted by Gasteiger charge is 2.68. The number of hydrogen-bond donors (Lipinski definition) is 0. The molecule has 5 rings (SSSR count). The summed E-state index contributed by atoms with van der Waals surface area (Å²) >= 11 is 0. The van der Waals surface area contributed by atoms with Crippen LogP contribution in [0.1, 0.15) is 42.8 Å². The van der Waals surface area contributed by atoms with Gasteiger partial charge in [-0.2, -0.15) is 0 Å². The number of furan rings is 1. The van der Waals surface area contributed by atoms with Crippen molar-refractivity contribution in [1.29, 1.82) is 0 Å². The lowest BCUT2D eigenvalue weighted by atomic mass is 9.71. The Morgan fingerprint density at radius 3 is 2.14 bits per heavy atom. The average Bonchev–Trinajstić information content (AvgIpc) is 3.44. The first-order valence-corrected chi connectivity index (χ1v) is 9.59. The summed E-state index contributed by atoms with van der Waals surface area (Å²) in [5.74, 6) is -1.48. The number of likely N-dealkylation sites (N-methyl/N-ethyl adjacent to an activating group) is 1. The lowest BCUT2D eigenvalue weighted by Gasteiger charge is -2.33. The minimum absolute atomic E-state index is 0.217. The van der Waals surface area contributed by atoms with E-state index in [1.54, 1.807) is 78.9 Å². The normalized spacial score (nSPS) is 22.9. The van der Waals surface area contributed by atoms with Crippen molar-refractivity contribution >= 4 is 17.3 Å². The lowest BCUT2D eigenvalue weighted by Crippen LogP contribution is -2.57. The van der Waals surface area contributed by atoms with Crippen LogP contribution in [0.3, 0.4) is 0 Å². The summed E-state index contributed by atoms with van der Waals surface area (Å²) in [4.78, 5) is 42.8. The summed E-state index contributed by atoms with van der Waals surface area (Å²) in [6.45, 7) is 0.377. The first-order chi connectivity index (χ1) is 14.1. The zero-order valence-electron chi connectivity index (χ0n) is 15.9. The minimum atomic E-state index is -1.55. The second-order valence-electron chi connectivity index (χ2n) is 7.68. The Bertz CT molecular complexity index is 1080. The molecule has 1 spiro atoms. The van der Waals surface area contributed by atoms with Crippen LogP contribution in [-0.2, 0) is 0 Å². The van der Waals surface area contributed by atoms with Crippen LogP contribution < -0.4 is 0 Å². The SMILES string of the molecule is CN1C[C@H](c2ccco2)[C@@H](C(=O)c2ccccc2)C12C(=O)c1ccccc1C2=O. The largest absolute Gasteiger partial charge is 0.469 e. The summed E-state index contributed by atoms with van der Waals surface area (Å²) in [5, 5.41) is 0. The van der Waals surface area contributed by atoms with Gasteiger partial charge in [0, 0.05) is 29.2 Å². The summed E-state index contributed by atoms with van der Waals surface area (Å²) in [7, 11) is 1.75. The molecule has 0 saturated carbocycles. The third-order valence-electron chi connectivity index (χ3n) is 6.28. The molecule has 2 aromatic carbocycles. The third kappa shape index (κ3) is 2.28. The first-order valence-electron chi connectivity index (χ1n) is 9.59. The number of carbonyl (C=O) groups is 3. The van der Waals surface area contributed by atoms with Crippen molar-refractivity contribution in [3.05, 3.63) is 95.4 Å². The Kier molecular flexibility index (Phi) is 3.89. The predicted octanol–water partition coefficient (Wildman–Crippen LogP) is 3.63. The van der Waals surface area contributed by atoms with Crippen molar-refractivity contribution in [2.75, 3.05) is 13.6 Å². The highest BCUT2D eigenvalue weighted by atomic mass is 16.3. The molecule has 1 saturated heterocycles. The van der Waals surface area contributed by atoms with Gasteiger partial charge in [-0.1, -0.05) is 54.6 Å². The van der Waals surface area contributed by atoms with Crippen molar-refractivity contribution in [1.82, 2.24) is 4.90 Å². The van der Waals surface area contributed by atoms with Gasteiger partial charge in [0.05, 0.1) is 12.2 Å². The Balaban J connectivity index is 1.73. The van der Waals surface area contributed by atoms with E-state index in [2.05, 4.69) is 0 Å². The highest BCUT2D eigenvalue weighted by molar-refractivity contribution is 6.35.